The molecule has 2 aromatic carbocycles. The summed E-state index contributed by atoms with van der Waals surface area (Å²) in [4.78, 5) is 15.5. The molecule has 3 rings (SSSR count). The number of aryl methyl sites for hydroxylation is 1. The molecule has 1 aliphatic rings. The van der Waals surface area contributed by atoms with Gasteiger partial charge in [-0.3, -0.25) is 4.79 Å². The first kappa shape index (κ1) is 16.8. The van der Waals surface area contributed by atoms with Crippen molar-refractivity contribution in [1.82, 2.24) is 0 Å². The van der Waals surface area contributed by atoms with Crippen LogP contribution in [0.25, 0.3) is 5.57 Å². The van der Waals surface area contributed by atoms with E-state index in [4.69, 9.17) is 11.5 Å². The lowest BCUT2D eigenvalue weighted by Crippen LogP contribution is -2.24. The number of aliphatic imine (C=N–C) groups is 1. The van der Waals surface area contributed by atoms with E-state index in [-0.39, 0.29) is 17.1 Å². The van der Waals surface area contributed by atoms with Crippen LogP contribution in [0.5, 0.6) is 0 Å². The van der Waals surface area contributed by atoms with Gasteiger partial charge in [-0.15, -0.1) is 0 Å². The predicted molar refractivity (Wildman–Crippen MR) is 88.3 cm³/mol. The first-order valence-electron chi connectivity index (χ1n) is 7.49. The van der Waals surface area contributed by atoms with Crippen molar-refractivity contribution in [3.05, 3.63) is 76.1 Å². The van der Waals surface area contributed by atoms with E-state index in [1.54, 1.807) is 18.2 Å². The minimum Gasteiger partial charge on any atom is -0.370 e. The molecule has 0 atom stereocenters. The van der Waals surface area contributed by atoms with Gasteiger partial charge in [-0.05, 0) is 47.7 Å². The normalized spacial score (nSPS) is 13.0. The summed E-state index contributed by atoms with van der Waals surface area (Å²) in [7, 11) is 0. The Hall–Kier alpha value is -3.09. The molecular formula is C18H14F3N3O. The van der Waals surface area contributed by atoms with E-state index in [1.165, 1.54) is 6.07 Å². The summed E-state index contributed by atoms with van der Waals surface area (Å²) in [5.74, 6) is -4.28. The zero-order chi connectivity index (χ0) is 18.1. The second kappa shape index (κ2) is 6.43. The Kier molecular flexibility index (Phi) is 4.31. The second-order valence-corrected chi connectivity index (χ2v) is 5.62. The Morgan fingerprint density at radius 3 is 2.40 bits per heavy atom. The van der Waals surface area contributed by atoms with Gasteiger partial charge in [-0.25, -0.2) is 13.2 Å². The minimum absolute atomic E-state index is 0.0636. The molecule has 0 unspecified atom stereocenters. The van der Waals surface area contributed by atoms with Gasteiger partial charge in [0.15, 0.2) is 17.6 Å². The number of hydrogen-bond donors (Lipinski definition) is 2. The predicted octanol–water partition coefficient (Wildman–Crippen LogP) is 2.90. The fourth-order valence-electron chi connectivity index (χ4n) is 2.83. The van der Waals surface area contributed by atoms with Crippen LogP contribution in [0.15, 0.2) is 41.4 Å². The maximum absolute atomic E-state index is 14.2. The summed E-state index contributed by atoms with van der Waals surface area (Å²) in [6, 6.07) is 6.13. The summed E-state index contributed by atoms with van der Waals surface area (Å²) in [5, 5.41) is 0. The first-order chi connectivity index (χ1) is 11.9. The molecule has 7 heteroatoms. The number of carbonyl (C=O) groups excluding carboxylic acids is 1. The number of nitrogens with zero attached hydrogens (tertiary/aromatic N) is 1. The van der Waals surface area contributed by atoms with Crippen molar-refractivity contribution in [2.75, 3.05) is 0 Å². The van der Waals surface area contributed by atoms with Crippen LogP contribution < -0.4 is 11.5 Å². The van der Waals surface area contributed by atoms with Gasteiger partial charge in [0.05, 0.1) is 0 Å². The first-order valence-corrected chi connectivity index (χ1v) is 7.49. The largest absolute Gasteiger partial charge is 0.370 e. The number of halogens is 3. The highest BCUT2D eigenvalue weighted by molar-refractivity contribution is 6.02. The zero-order valence-electron chi connectivity index (χ0n) is 13.0. The molecule has 2 aromatic rings. The van der Waals surface area contributed by atoms with Crippen molar-refractivity contribution in [3.63, 3.8) is 0 Å². The molecule has 0 spiro atoms. The highest BCUT2D eigenvalue weighted by Gasteiger charge is 2.21. The van der Waals surface area contributed by atoms with Gasteiger partial charge in [0.1, 0.15) is 5.82 Å². The molecule has 1 amide bonds. The molecule has 128 valence electrons. The highest BCUT2D eigenvalue weighted by atomic mass is 19.2. The third-order valence-electron chi connectivity index (χ3n) is 3.94. The Morgan fingerprint density at radius 1 is 0.960 bits per heavy atom. The summed E-state index contributed by atoms with van der Waals surface area (Å²) >= 11 is 0. The standard InChI is InChI=1S/C18H14F3N3O/c19-14-8-16(21)15(20)7-13(14)11-3-1-2-9-4-5-10(6-12(9)11)17(25)24-18(22)23/h3-8H,1-2H2,(H4,22,23,24,25). The Balaban J connectivity index is 2.12. The highest BCUT2D eigenvalue weighted by Crippen LogP contribution is 2.34. The molecule has 0 bridgehead atoms. The summed E-state index contributed by atoms with van der Waals surface area (Å²) in [5.41, 5.74) is 12.4. The van der Waals surface area contributed by atoms with Crippen molar-refractivity contribution in [1.29, 1.82) is 0 Å². The maximum atomic E-state index is 14.2. The van der Waals surface area contributed by atoms with Gasteiger partial charge < -0.3 is 11.5 Å². The molecule has 25 heavy (non-hydrogen) atoms. The molecule has 0 saturated carbocycles. The zero-order valence-corrected chi connectivity index (χ0v) is 13.0. The van der Waals surface area contributed by atoms with Gasteiger partial charge in [-0.2, -0.15) is 4.99 Å². The van der Waals surface area contributed by atoms with Gasteiger partial charge in [0.25, 0.3) is 5.91 Å². The van der Waals surface area contributed by atoms with Crippen LogP contribution >= 0.6 is 0 Å². The van der Waals surface area contributed by atoms with Gasteiger partial charge in [-0.1, -0.05) is 12.1 Å². The summed E-state index contributed by atoms with van der Waals surface area (Å²) < 4.78 is 40.9. The fraction of sp³-hybridized carbons (Fsp3) is 0.111. The van der Waals surface area contributed by atoms with Gasteiger partial charge >= 0.3 is 0 Å². The minimum atomic E-state index is -1.26. The van der Waals surface area contributed by atoms with Gasteiger partial charge in [0, 0.05) is 17.2 Å². The number of nitrogens with two attached hydrogens (primary N) is 2. The van der Waals surface area contributed by atoms with E-state index in [0.717, 1.165) is 11.6 Å². The molecule has 4 N–H and O–H groups in total. The van der Waals surface area contributed by atoms with Crippen molar-refractivity contribution in [2.45, 2.75) is 12.8 Å². The van der Waals surface area contributed by atoms with E-state index in [0.29, 0.717) is 30.0 Å². The third-order valence-corrected chi connectivity index (χ3v) is 3.94. The number of hydrogen-bond acceptors (Lipinski definition) is 1. The molecule has 0 aromatic heterocycles. The lowest BCUT2D eigenvalue weighted by atomic mass is 9.85. The number of carbonyl (C=O) groups is 1. The third kappa shape index (κ3) is 3.26. The Labute approximate surface area is 141 Å². The Morgan fingerprint density at radius 2 is 1.68 bits per heavy atom. The van der Waals surface area contributed by atoms with Crippen molar-refractivity contribution in [3.8, 4) is 0 Å². The van der Waals surface area contributed by atoms with Crippen LogP contribution in [-0.2, 0) is 6.42 Å². The molecule has 0 heterocycles. The van der Waals surface area contributed by atoms with Gasteiger partial charge in [0.2, 0.25) is 0 Å². The molecule has 0 fully saturated rings. The molecule has 0 radical (unpaired) electrons. The summed E-state index contributed by atoms with van der Waals surface area (Å²) in [6.45, 7) is 0. The lowest BCUT2D eigenvalue weighted by molar-refractivity contribution is 0.100. The van der Waals surface area contributed by atoms with Crippen molar-refractivity contribution in [2.24, 2.45) is 16.5 Å². The average molecular weight is 345 g/mol. The van der Waals surface area contributed by atoms with E-state index in [1.807, 2.05) is 0 Å². The van der Waals surface area contributed by atoms with Crippen molar-refractivity contribution >= 4 is 17.4 Å². The Bertz CT molecular complexity index is 931. The number of amides is 1. The SMILES string of the molecule is NC(N)=NC(=O)c1ccc2c(c1)C(c1cc(F)c(F)cc1F)=CCC2. The lowest BCUT2D eigenvalue weighted by Gasteiger charge is -2.19. The molecule has 0 aliphatic heterocycles. The topological polar surface area (TPSA) is 81.5 Å². The van der Waals surface area contributed by atoms with Crippen molar-refractivity contribution < 1.29 is 18.0 Å². The molecule has 1 aliphatic carbocycles. The molecule has 4 nitrogen and oxygen atoms in total. The van der Waals surface area contributed by atoms with E-state index in [9.17, 15) is 18.0 Å². The van der Waals surface area contributed by atoms with Crippen LogP contribution in [0.3, 0.4) is 0 Å². The monoisotopic (exact) mass is 345 g/mol. The second-order valence-electron chi connectivity index (χ2n) is 5.62. The number of fused-ring (bicyclic) bond motifs is 1. The molecule has 0 saturated heterocycles. The number of allylic oxidation sites excluding steroid dienone is 1. The maximum Gasteiger partial charge on any atom is 0.280 e. The number of guanidine groups is 1. The smallest absolute Gasteiger partial charge is 0.280 e. The van der Waals surface area contributed by atoms with Crippen LogP contribution in [0, 0.1) is 17.5 Å². The summed E-state index contributed by atoms with van der Waals surface area (Å²) in [6.07, 6.45) is 3.02. The van der Waals surface area contributed by atoms with E-state index < -0.39 is 23.4 Å². The van der Waals surface area contributed by atoms with Crippen LogP contribution in [0.4, 0.5) is 13.2 Å². The van der Waals surface area contributed by atoms with E-state index >= 15 is 0 Å². The quantitative estimate of drug-likeness (QED) is 0.499. The van der Waals surface area contributed by atoms with Crippen LogP contribution in [0.2, 0.25) is 0 Å². The van der Waals surface area contributed by atoms with Crippen LogP contribution in [-0.4, -0.2) is 11.9 Å². The fourth-order valence-corrected chi connectivity index (χ4v) is 2.83. The number of rotatable bonds is 2. The van der Waals surface area contributed by atoms with Crippen LogP contribution in [0.1, 0.15) is 33.5 Å². The number of benzene rings is 2. The van der Waals surface area contributed by atoms with E-state index in [2.05, 4.69) is 4.99 Å². The average Bonchev–Trinajstić information content (AvgIpc) is 2.56. The molecular weight excluding hydrogens is 331 g/mol.